The zero-order chi connectivity index (χ0) is 20.7. The molecule has 7 nitrogen and oxygen atoms in total. The second-order valence-corrected chi connectivity index (χ2v) is 6.98. The molecule has 9 heteroatoms. The summed E-state index contributed by atoms with van der Waals surface area (Å²) < 4.78 is 4.86. The van der Waals surface area contributed by atoms with E-state index in [1.54, 1.807) is 19.1 Å². The van der Waals surface area contributed by atoms with E-state index in [1.807, 2.05) is 6.92 Å². The highest BCUT2D eigenvalue weighted by molar-refractivity contribution is 6.36. The second-order valence-electron chi connectivity index (χ2n) is 6.14. The molecule has 0 aliphatic carbocycles. The van der Waals surface area contributed by atoms with Gasteiger partial charge in [0, 0.05) is 11.6 Å². The molecule has 2 rings (SSSR count). The summed E-state index contributed by atoms with van der Waals surface area (Å²) in [5.74, 6) is -1.20. The number of nitrogens with zero attached hydrogens (tertiary/aromatic N) is 1. The van der Waals surface area contributed by atoms with Crippen molar-refractivity contribution in [3.05, 3.63) is 52.4 Å². The van der Waals surface area contributed by atoms with Gasteiger partial charge in [-0.2, -0.15) is 0 Å². The summed E-state index contributed by atoms with van der Waals surface area (Å²) in [5, 5.41) is 6.01. The summed E-state index contributed by atoms with van der Waals surface area (Å²) in [6.45, 7) is 3.66. The lowest BCUT2D eigenvalue weighted by molar-refractivity contribution is -0.136. The highest BCUT2D eigenvalue weighted by Crippen LogP contribution is 2.25. The van der Waals surface area contributed by atoms with Crippen LogP contribution < -0.4 is 10.6 Å². The van der Waals surface area contributed by atoms with Gasteiger partial charge in [-0.25, -0.2) is 0 Å². The fraction of sp³-hybridized carbons (Fsp3) is 0.316. The van der Waals surface area contributed by atoms with E-state index >= 15 is 0 Å². The summed E-state index contributed by atoms with van der Waals surface area (Å²) in [6.07, 6.45) is 3.32. The number of nitrogens with one attached hydrogen (secondary N) is 2. The predicted octanol–water partition coefficient (Wildman–Crippen LogP) is 3.58. The number of rotatable bonds is 8. The van der Waals surface area contributed by atoms with Crippen molar-refractivity contribution >= 4 is 46.6 Å². The van der Waals surface area contributed by atoms with Gasteiger partial charge < -0.3 is 20.0 Å². The molecule has 3 amide bonds. The fourth-order valence-electron chi connectivity index (χ4n) is 2.50. The summed E-state index contributed by atoms with van der Waals surface area (Å²) in [6, 6.07) is 5.40. The number of anilines is 1. The Balaban J connectivity index is 1.99. The van der Waals surface area contributed by atoms with E-state index in [0.717, 1.165) is 0 Å². The molecule has 2 N–H and O–H groups in total. The van der Waals surface area contributed by atoms with Gasteiger partial charge in [0.25, 0.3) is 5.91 Å². The smallest absolute Gasteiger partial charge is 0.255 e. The van der Waals surface area contributed by atoms with Crippen LogP contribution in [0.2, 0.25) is 10.0 Å². The molecule has 0 aliphatic heterocycles. The van der Waals surface area contributed by atoms with Gasteiger partial charge in [-0.05, 0) is 37.6 Å². The summed E-state index contributed by atoms with van der Waals surface area (Å²) in [5.41, 5.74) is 0.720. The Morgan fingerprint density at radius 2 is 1.96 bits per heavy atom. The number of halogens is 2. The Morgan fingerprint density at radius 3 is 2.57 bits per heavy atom. The van der Waals surface area contributed by atoms with Gasteiger partial charge in [-0.3, -0.25) is 14.4 Å². The predicted molar refractivity (Wildman–Crippen MR) is 108 cm³/mol. The molecular weight excluding hydrogens is 405 g/mol. The third kappa shape index (κ3) is 6.00. The first-order chi connectivity index (χ1) is 13.3. The lowest BCUT2D eigenvalue weighted by Gasteiger charge is -2.25. The molecular formula is C19H21Cl2N3O4. The largest absolute Gasteiger partial charge is 0.472 e. The number of carbonyl (C=O) groups is 3. The monoisotopic (exact) mass is 425 g/mol. The molecule has 0 aliphatic rings. The Bertz CT molecular complexity index is 840. The number of hydrogen-bond acceptors (Lipinski definition) is 4. The molecule has 1 heterocycles. The topological polar surface area (TPSA) is 91.7 Å². The normalized spacial score (nSPS) is 11.6. The first-order valence-corrected chi connectivity index (χ1v) is 9.44. The van der Waals surface area contributed by atoms with Gasteiger partial charge in [0.15, 0.2) is 0 Å². The van der Waals surface area contributed by atoms with Crippen molar-refractivity contribution in [1.29, 1.82) is 0 Å². The van der Waals surface area contributed by atoms with Gasteiger partial charge >= 0.3 is 0 Å². The van der Waals surface area contributed by atoms with Crippen molar-refractivity contribution in [2.45, 2.75) is 26.3 Å². The Labute approximate surface area is 173 Å². The van der Waals surface area contributed by atoms with Crippen LogP contribution in [0.25, 0.3) is 0 Å². The quantitative estimate of drug-likeness (QED) is 0.675. The third-order valence-corrected chi connectivity index (χ3v) is 4.39. The van der Waals surface area contributed by atoms with Crippen LogP contribution in [0.5, 0.6) is 0 Å². The number of amides is 3. The fourth-order valence-corrected chi connectivity index (χ4v) is 2.96. The van der Waals surface area contributed by atoms with Gasteiger partial charge in [0.05, 0.1) is 29.1 Å². The molecule has 1 aromatic carbocycles. The number of benzene rings is 1. The molecule has 1 atom stereocenters. The van der Waals surface area contributed by atoms with Crippen molar-refractivity contribution in [1.82, 2.24) is 10.2 Å². The molecule has 1 aromatic heterocycles. The van der Waals surface area contributed by atoms with E-state index < -0.39 is 17.9 Å². The lowest BCUT2D eigenvalue weighted by Crippen LogP contribution is -2.49. The first-order valence-electron chi connectivity index (χ1n) is 8.68. The SMILES string of the molecule is CCCN(CC(=O)Nc1ccc(Cl)cc1Cl)C(=O)C(C)NC(=O)c1ccoc1. The summed E-state index contributed by atoms with van der Waals surface area (Å²) in [7, 11) is 0. The Morgan fingerprint density at radius 1 is 1.21 bits per heavy atom. The zero-order valence-corrected chi connectivity index (χ0v) is 17.0. The minimum Gasteiger partial charge on any atom is -0.472 e. The van der Waals surface area contributed by atoms with Crippen LogP contribution in [0.3, 0.4) is 0 Å². The molecule has 0 fully saturated rings. The molecule has 2 aromatic rings. The molecule has 0 radical (unpaired) electrons. The van der Waals surface area contributed by atoms with E-state index in [-0.39, 0.29) is 12.5 Å². The summed E-state index contributed by atoms with van der Waals surface area (Å²) in [4.78, 5) is 38.5. The van der Waals surface area contributed by atoms with Gasteiger partial charge in [0.1, 0.15) is 12.3 Å². The van der Waals surface area contributed by atoms with E-state index in [9.17, 15) is 14.4 Å². The first kappa shape index (κ1) is 21.8. The number of carbonyl (C=O) groups excluding carboxylic acids is 3. The maximum absolute atomic E-state index is 12.7. The molecule has 0 saturated heterocycles. The van der Waals surface area contributed by atoms with Gasteiger partial charge in [0.2, 0.25) is 11.8 Å². The van der Waals surface area contributed by atoms with Crippen LogP contribution >= 0.6 is 23.2 Å². The molecule has 28 heavy (non-hydrogen) atoms. The van der Waals surface area contributed by atoms with Crippen molar-refractivity contribution in [3.8, 4) is 0 Å². The Hall–Kier alpha value is -2.51. The van der Waals surface area contributed by atoms with Crippen LogP contribution in [-0.4, -0.2) is 41.8 Å². The van der Waals surface area contributed by atoms with Gasteiger partial charge in [-0.15, -0.1) is 0 Å². The molecule has 0 saturated carbocycles. The average Bonchev–Trinajstić information content (AvgIpc) is 3.18. The van der Waals surface area contributed by atoms with Crippen LogP contribution in [0, 0.1) is 0 Å². The second kappa shape index (κ2) is 10.1. The van der Waals surface area contributed by atoms with Crippen LogP contribution in [-0.2, 0) is 9.59 Å². The molecule has 0 spiro atoms. The van der Waals surface area contributed by atoms with E-state index in [1.165, 1.54) is 29.6 Å². The lowest BCUT2D eigenvalue weighted by atomic mass is 10.2. The standard InChI is InChI=1S/C19H21Cl2N3O4/c1-3-7-24(10-17(25)23-16-5-4-14(20)9-15(16)21)19(27)12(2)22-18(26)13-6-8-28-11-13/h4-6,8-9,11-12H,3,7,10H2,1-2H3,(H,22,26)(H,23,25). The van der Waals surface area contributed by atoms with Crippen molar-refractivity contribution in [3.63, 3.8) is 0 Å². The number of hydrogen-bond donors (Lipinski definition) is 2. The zero-order valence-electron chi connectivity index (χ0n) is 15.5. The van der Waals surface area contributed by atoms with E-state index in [2.05, 4.69) is 10.6 Å². The highest BCUT2D eigenvalue weighted by Gasteiger charge is 2.24. The van der Waals surface area contributed by atoms with Crippen molar-refractivity contribution < 1.29 is 18.8 Å². The maximum Gasteiger partial charge on any atom is 0.255 e. The molecule has 0 bridgehead atoms. The average molecular weight is 426 g/mol. The number of furan rings is 1. The van der Waals surface area contributed by atoms with E-state index in [0.29, 0.717) is 34.3 Å². The van der Waals surface area contributed by atoms with Gasteiger partial charge in [-0.1, -0.05) is 30.1 Å². The maximum atomic E-state index is 12.7. The molecule has 150 valence electrons. The van der Waals surface area contributed by atoms with Crippen LogP contribution in [0.4, 0.5) is 5.69 Å². The Kier molecular flexibility index (Phi) is 7.90. The van der Waals surface area contributed by atoms with Crippen LogP contribution in [0.15, 0.2) is 41.2 Å². The van der Waals surface area contributed by atoms with Crippen molar-refractivity contribution in [2.75, 3.05) is 18.4 Å². The van der Waals surface area contributed by atoms with Crippen molar-refractivity contribution in [2.24, 2.45) is 0 Å². The van der Waals surface area contributed by atoms with Crippen LogP contribution in [0.1, 0.15) is 30.6 Å². The highest BCUT2D eigenvalue weighted by atomic mass is 35.5. The molecule has 1 unspecified atom stereocenters. The minimum atomic E-state index is -0.805. The minimum absolute atomic E-state index is 0.169. The van der Waals surface area contributed by atoms with E-state index in [4.69, 9.17) is 27.6 Å². The third-order valence-electron chi connectivity index (χ3n) is 3.85. The summed E-state index contributed by atoms with van der Waals surface area (Å²) >= 11 is 11.9.